The normalized spacial score (nSPS) is 24.0. The molecule has 1 amide bonds. The van der Waals surface area contributed by atoms with Crippen molar-refractivity contribution >= 4 is 22.4 Å². The quantitative estimate of drug-likeness (QED) is 0.843. The Morgan fingerprint density at radius 2 is 2.27 bits per heavy atom. The van der Waals surface area contributed by atoms with Crippen molar-refractivity contribution in [2.24, 2.45) is 5.73 Å². The molecule has 1 aliphatic carbocycles. The molecule has 3 rings (SSSR count). The summed E-state index contributed by atoms with van der Waals surface area (Å²) in [5.41, 5.74) is 6.80. The molecule has 0 aromatic carbocycles. The van der Waals surface area contributed by atoms with Crippen LogP contribution in [0.25, 0.3) is 0 Å². The van der Waals surface area contributed by atoms with Crippen LogP contribution in [0.5, 0.6) is 0 Å². The molecule has 1 fully saturated rings. The highest BCUT2D eigenvalue weighted by Gasteiger charge is 2.34. The Hall–Kier alpha value is -1.24. The number of rotatable bonds is 5. The van der Waals surface area contributed by atoms with E-state index in [1.165, 1.54) is 23.4 Å². The van der Waals surface area contributed by atoms with Gasteiger partial charge in [-0.2, -0.15) is 0 Å². The number of carbonyl (C=O) groups excluding carboxylic acids is 1. The van der Waals surface area contributed by atoms with Gasteiger partial charge in [0.25, 0.3) is 5.91 Å². The molecular weight excluding hydrogens is 298 g/mol. The second kappa shape index (κ2) is 6.89. The topological polar surface area (TPSA) is 68.5 Å². The Morgan fingerprint density at radius 1 is 1.45 bits per heavy atom. The largest absolute Gasteiger partial charge is 0.364 e. The summed E-state index contributed by atoms with van der Waals surface area (Å²) in [4.78, 5) is 20.5. The number of ether oxygens (including phenoxy) is 1. The molecule has 120 valence electrons. The first-order chi connectivity index (χ1) is 10.7. The number of amides is 1. The van der Waals surface area contributed by atoms with Crippen molar-refractivity contribution in [2.45, 2.75) is 50.7 Å². The van der Waals surface area contributed by atoms with Crippen molar-refractivity contribution in [3.63, 3.8) is 0 Å². The lowest BCUT2D eigenvalue weighted by molar-refractivity contribution is -0.129. The number of nitrogens with zero attached hydrogens (tertiary/aromatic N) is 2. The van der Waals surface area contributed by atoms with Crippen molar-refractivity contribution in [3.8, 4) is 0 Å². The van der Waals surface area contributed by atoms with E-state index in [4.69, 9.17) is 15.5 Å². The number of aryl methyl sites for hydroxylation is 2. The van der Waals surface area contributed by atoms with Crippen molar-refractivity contribution in [3.05, 3.63) is 23.2 Å². The minimum atomic E-state index is -0.394. The fraction of sp³-hybridized carbons (Fsp3) is 0.625. The third-order valence-electron chi connectivity index (χ3n) is 4.29. The second-order valence-corrected chi connectivity index (χ2v) is 6.93. The third-order valence-corrected chi connectivity index (χ3v) is 5.47. The van der Waals surface area contributed by atoms with Gasteiger partial charge in [-0.05, 0) is 38.5 Å². The molecule has 22 heavy (non-hydrogen) atoms. The lowest BCUT2D eigenvalue weighted by Gasteiger charge is -2.22. The van der Waals surface area contributed by atoms with E-state index in [1.54, 1.807) is 22.3 Å². The van der Waals surface area contributed by atoms with Gasteiger partial charge in [0.2, 0.25) is 0 Å². The Morgan fingerprint density at radius 3 is 2.95 bits per heavy atom. The summed E-state index contributed by atoms with van der Waals surface area (Å²) in [5.74, 6) is -0.0121. The maximum absolute atomic E-state index is 12.8. The molecule has 0 unspecified atom stereocenters. The van der Waals surface area contributed by atoms with Gasteiger partial charge >= 0.3 is 0 Å². The van der Waals surface area contributed by atoms with E-state index < -0.39 is 6.10 Å². The molecule has 2 atom stereocenters. The fourth-order valence-electron chi connectivity index (χ4n) is 3.08. The van der Waals surface area contributed by atoms with Crippen LogP contribution in [-0.2, 0) is 22.4 Å². The van der Waals surface area contributed by atoms with E-state index in [0.717, 1.165) is 30.8 Å². The van der Waals surface area contributed by atoms with Gasteiger partial charge in [0, 0.05) is 18.0 Å². The molecule has 2 aliphatic rings. The number of aromatic nitrogens is 1. The molecule has 2 N–H and O–H groups in total. The summed E-state index contributed by atoms with van der Waals surface area (Å²) in [6.07, 6.45) is 7.45. The van der Waals surface area contributed by atoms with Crippen molar-refractivity contribution in [2.75, 3.05) is 18.0 Å². The van der Waals surface area contributed by atoms with Crippen LogP contribution in [0, 0.1) is 0 Å². The zero-order valence-electron chi connectivity index (χ0n) is 12.8. The van der Waals surface area contributed by atoms with E-state index >= 15 is 0 Å². The molecule has 0 radical (unpaired) electrons. The van der Waals surface area contributed by atoms with Crippen LogP contribution in [0.2, 0.25) is 0 Å². The Bertz CT molecular complexity index is 534. The molecule has 1 aromatic heterocycles. The highest BCUT2D eigenvalue weighted by Crippen LogP contribution is 2.33. The first-order valence-electron chi connectivity index (χ1n) is 7.99. The first-order valence-corrected chi connectivity index (χ1v) is 8.81. The standard InChI is InChI=1S/C16H23N3O2S/c1-2-9-19(15(20)13-8-7-11(10-17)21-13)16-18-12-5-3-4-6-14(12)22-16/h2,11,13H,1,3-10,17H2/t11-,13+/m1/s1. The predicted molar refractivity (Wildman–Crippen MR) is 88.3 cm³/mol. The molecular formula is C16H23N3O2S. The molecule has 0 saturated carbocycles. The number of hydrogen-bond acceptors (Lipinski definition) is 5. The van der Waals surface area contributed by atoms with Gasteiger partial charge in [-0.25, -0.2) is 4.98 Å². The number of thiazole rings is 1. The third kappa shape index (κ3) is 3.09. The number of hydrogen-bond donors (Lipinski definition) is 1. The molecule has 6 heteroatoms. The SMILES string of the molecule is C=CCN(C(=O)[C@@H]1CC[C@H](CN)O1)c1nc2c(s1)CCCC2. The van der Waals surface area contributed by atoms with Gasteiger partial charge in [-0.3, -0.25) is 9.69 Å². The summed E-state index contributed by atoms with van der Waals surface area (Å²) in [7, 11) is 0. The average molecular weight is 321 g/mol. The van der Waals surface area contributed by atoms with Gasteiger partial charge in [-0.15, -0.1) is 17.9 Å². The smallest absolute Gasteiger partial charge is 0.258 e. The maximum atomic E-state index is 12.8. The van der Waals surface area contributed by atoms with E-state index in [9.17, 15) is 4.79 Å². The number of nitrogens with two attached hydrogens (primary N) is 1. The number of fused-ring (bicyclic) bond motifs is 1. The summed E-state index contributed by atoms with van der Waals surface area (Å²) >= 11 is 1.64. The molecule has 1 aromatic rings. The van der Waals surface area contributed by atoms with Gasteiger partial charge in [0.15, 0.2) is 5.13 Å². The van der Waals surface area contributed by atoms with Crippen molar-refractivity contribution in [1.29, 1.82) is 0 Å². The maximum Gasteiger partial charge on any atom is 0.258 e. The summed E-state index contributed by atoms with van der Waals surface area (Å²) in [6.45, 7) is 4.71. The van der Waals surface area contributed by atoms with Crippen molar-refractivity contribution in [1.82, 2.24) is 4.98 Å². The molecule has 5 nitrogen and oxygen atoms in total. The Kier molecular flexibility index (Phi) is 4.90. The van der Waals surface area contributed by atoms with Crippen LogP contribution in [0.3, 0.4) is 0 Å². The van der Waals surface area contributed by atoms with Crippen LogP contribution in [0.15, 0.2) is 12.7 Å². The van der Waals surface area contributed by atoms with Crippen LogP contribution in [0.4, 0.5) is 5.13 Å². The van der Waals surface area contributed by atoms with Gasteiger partial charge in [0.05, 0.1) is 11.8 Å². The number of carbonyl (C=O) groups is 1. The van der Waals surface area contributed by atoms with E-state index in [-0.39, 0.29) is 12.0 Å². The monoisotopic (exact) mass is 321 g/mol. The predicted octanol–water partition coefficient (Wildman–Crippen LogP) is 2.05. The first kappa shape index (κ1) is 15.6. The Labute approximate surface area is 135 Å². The zero-order chi connectivity index (χ0) is 15.5. The van der Waals surface area contributed by atoms with Crippen LogP contribution >= 0.6 is 11.3 Å². The van der Waals surface area contributed by atoms with E-state index in [1.807, 2.05) is 0 Å². The zero-order valence-corrected chi connectivity index (χ0v) is 13.6. The van der Waals surface area contributed by atoms with E-state index in [0.29, 0.717) is 13.1 Å². The molecule has 0 spiro atoms. The summed E-state index contributed by atoms with van der Waals surface area (Å²) < 4.78 is 5.75. The van der Waals surface area contributed by atoms with Gasteiger partial charge in [-0.1, -0.05) is 6.08 Å². The van der Waals surface area contributed by atoms with Crippen molar-refractivity contribution < 1.29 is 9.53 Å². The van der Waals surface area contributed by atoms with E-state index in [2.05, 4.69) is 6.58 Å². The highest BCUT2D eigenvalue weighted by atomic mass is 32.1. The summed E-state index contributed by atoms with van der Waals surface area (Å²) in [5, 5.41) is 0.789. The van der Waals surface area contributed by atoms with Crippen LogP contribution < -0.4 is 10.6 Å². The molecule has 0 bridgehead atoms. The van der Waals surface area contributed by atoms with Gasteiger partial charge in [0.1, 0.15) is 6.10 Å². The molecule has 1 saturated heterocycles. The summed E-state index contributed by atoms with van der Waals surface area (Å²) in [6, 6.07) is 0. The second-order valence-electron chi connectivity index (χ2n) is 5.87. The van der Waals surface area contributed by atoms with Crippen LogP contribution in [0.1, 0.15) is 36.3 Å². The van der Waals surface area contributed by atoms with Crippen LogP contribution in [-0.4, -0.2) is 36.2 Å². The minimum absolute atomic E-state index is 0.00373. The Balaban J connectivity index is 1.78. The minimum Gasteiger partial charge on any atom is -0.364 e. The lowest BCUT2D eigenvalue weighted by Crippen LogP contribution is -2.40. The highest BCUT2D eigenvalue weighted by molar-refractivity contribution is 7.16. The molecule has 2 heterocycles. The average Bonchev–Trinajstić information content (AvgIpc) is 3.18. The molecule has 1 aliphatic heterocycles. The number of anilines is 1. The fourth-order valence-corrected chi connectivity index (χ4v) is 4.24. The van der Waals surface area contributed by atoms with Gasteiger partial charge < -0.3 is 10.5 Å². The lowest BCUT2D eigenvalue weighted by atomic mass is 10.0.